The van der Waals surface area contributed by atoms with Gasteiger partial charge in [0.05, 0.1) is 18.2 Å². The summed E-state index contributed by atoms with van der Waals surface area (Å²) in [4.78, 5) is 13.9. The molecule has 1 saturated carbocycles. The molecule has 0 aromatic carbocycles. The number of fused-ring (bicyclic) bond motifs is 1. The van der Waals surface area contributed by atoms with Gasteiger partial charge in [0.2, 0.25) is 0 Å². The molecule has 0 radical (unpaired) electrons. The number of carbonyl (C=O) groups excluding carboxylic acids is 1. The number of amides is 1. The first-order chi connectivity index (χ1) is 10.6. The first-order valence-electron chi connectivity index (χ1n) is 7.86. The third kappa shape index (κ3) is 2.66. The van der Waals surface area contributed by atoms with Crippen LogP contribution >= 0.6 is 0 Å². The molecule has 122 valence electrons. The fraction of sp³-hybridized carbons (Fsp3) is 0.688. The third-order valence-electron chi connectivity index (χ3n) is 5.14. The quantitative estimate of drug-likeness (QED) is 0.872. The zero-order chi connectivity index (χ0) is 15.7. The van der Waals surface area contributed by atoms with Gasteiger partial charge in [0.1, 0.15) is 5.76 Å². The number of hydrogen-bond donors (Lipinski definition) is 2. The number of aliphatic hydroxyl groups excluding tert-OH is 1. The van der Waals surface area contributed by atoms with Crippen molar-refractivity contribution in [3.8, 4) is 0 Å². The minimum absolute atomic E-state index is 0.143. The molecule has 2 N–H and O–H groups in total. The maximum atomic E-state index is 11.6. The molecule has 1 aromatic heterocycles. The molecule has 0 unspecified atom stereocenters. The second-order valence-electron chi connectivity index (χ2n) is 6.28. The Bertz CT molecular complexity index is 544. The van der Waals surface area contributed by atoms with Crippen LogP contribution in [-0.4, -0.2) is 54.4 Å². The van der Waals surface area contributed by atoms with Crippen LogP contribution in [0.2, 0.25) is 0 Å². The highest BCUT2D eigenvalue weighted by atomic mass is 16.5. The highest BCUT2D eigenvalue weighted by Gasteiger charge is 2.50. The Balaban J connectivity index is 1.72. The largest absolute Gasteiger partial charge is 0.455 e. The molecule has 1 saturated heterocycles. The second kappa shape index (κ2) is 6.02. The molecule has 2 aliphatic rings. The van der Waals surface area contributed by atoms with Crippen molar-refractivity contribution in [1.29, 1.82) is 0 Å². The molecule has 1 aliphatic heterocycles. The summed E-state index contributed by atoms with van der Waals surface area (Å²) in [6.07, 6.45) is 3.15. The van der Waals surface area contributed by atoms with Gasteiger partial charge in [-0.3, -0.25) is 9.69 Å². The van der Waals surface area contributed by atoms with Crippen molar-refractivity contribution in [2.24, 2.45) is 0 Å². The normalized spacial score (nSPS) is 32.0. The van der Waals surface area contributed by atoms with Crippen LogP contribution in [0.25, 0.3) is 0 Å². The van der Waals surface area contributed by atoms with Crippen molar-refractivity contribution in [3.05, 3.63) is 23.7 Å². The molecule has 3 rings (SSSR count). The standard InChI is InChI=1S/C16H24N2O4/c1-17-15(20)13-4-3-12(22-13)10-18-8-7-16(21-2)6-5-11(19)9-14(16)18/h3-4,11,14,19H,5-10H2,1-2H3,(H,17,20)/t11-,14-,16+/m0/s1. The molecular formula is C16H24N2O4. The highest BCUT2D eigenvalue weighted by molar-refractivity contribution is 5.91. The van der Waals surface area contributed by atoms with Crippen molar-refractivity contribution in [1.82, 2.24) is 10.2 Å². The van der Waals surface area contributed by atoms with Gasteiger partial charge in [-0.15, -0.1) is 0 Å². The molecule has 1 aliphatic carbocycles. The number of methoxy groups -OCH3 is 1. The van der Waals surface area contributed by atoms with Gasteiger partial charge in [0, 0.05) is 26.7 Å². The number of ether oxygens (including phenoxy) is 1. The minimum Gasteiger partial charge on any atom is -0.455 e. The van der Waals surface area contributed by atoms with Crippen LogP contribution in [0.4, 0.5) is 0 Å². The minimum atomic E-state index is -0.257. The van der Waals surface area contributed by atoms with Crippen LogP contribution in [0.15, 0.2) is 16.5 Å². The number of hydrogen-bond acceptors (Lipinski definition) is 5. The number of carbonyl (C=O) groups is 1. The van der Waals surface area contributed by atoms with E-state index in [2.05, 4.69) is 10.2 Å². The number of nitrogens with one attached hydrogen (secondary N) is 1. The zero-order valence-electron chi connectivity index (χ0n) is 13.2. The highest BCUT2D eigenvalue weighted by Crippen LogP contribution is 2.42. The van der Waals surface area contributed by atoms with Gasteiger partial charge >= 0.3 is 0 Å². The summed E-state index contributed by atoms with van der Waals surface area (Å²) in [5.74, 6) is 0.885. The summed E-state index contributed by atoms with van der Waals surface area (Å²) >= 11 is 0. The van der Waals surface area contributed by atoms with Crippen molar-refractivity contribution in [2.75, 3.05) is 20.7 Å². The monoisotopic (exact) mass is 308 g/mol. The van der Waals surface area contributed by atoms with E-state index in [0.29, 0.717) is 12.3 Å². The van der Waals surface area contributed by atoms with Gasteiger partial charge < -0.3 is 19.6 Å². The molecule has 2 heterocycles. The molecular weight excluding hydrogens is 284 g/mol. The van der Waals surface area contributed by atoms with E-state index < -0.39 is 0 Å². The summed E-state index contributed by atoms with van der Waals surface area (Å²) in [5, 5.41) is 12.6. The van der Waals surface area contributed by atoms with E-state index in [0.717, 1.165) is 38.0 Å². The molecule has 1 aromatic rings. The average Bonchev–Trinajstić information content (AvgIpc) is 3.13. The second-order valence-corrected chi connectivity index (χ2v) is 6.28. The van der Waals surface area contributed by atoms with Crippen LogP contribution in [0.1, 0.15) is 42.0 Å². The maximum Gasteiger partial charge on any atom is 0.286 e. The summed E-state index contributed by atoms with van der Waals surface area (Å²) in [7, 11) is 3.35. The van der Waals surface area contributed by atoms with E-state index in [9.17, 15) is 9.90 Å². The van der Waals surface area contributed by atoms with E-state index >= 15 is 0 Å². The lowest BCUT2D eigenvalue weighted by molar-refractivity contribution is -0.0885. The third-order valence-corrected chi connectivity index (χ3v) is 5.14. The van der Waals surface area contributed by atoms with Crippen LogP contribution in [0.3, 0.4) is 0 Å². The predicted molar refractivity (Wildman–Crippen MR) is 80.5 cm³/mol. The van der Waals surface area contributed by atoms with Crippen molar-refractivity contribution in [3.63, 3.8) is 0 Å². The first-order valence-corrected chi connectivity index (χ1v) is 7.86. The van der Waals surface area contributed by atoms with Crippen molar-refractivity contribution >= 4 is 5.91 Å². The molecule has 6 heteroatoms. The van der Waals surface area contributed by atoms with E-state index in [1.165, 1.54) is 0 Å². The molecule has 2 fully saturated rings. The number of nitrogens with zero attached hydrogens (tertiary/aromatic N) is 1. The summed E-state index contributed by atoms with van der Waals surface area (Å²) < 4.78 is 11.4. The van der Waals surface area contributed by atoms with Crippen LogP contribution < -0.4 is 5.32 Å². The van der Waals surface area contributed by atoms with Gasteiger partial charge in [-0.25, -0.2) is 0 Å². The van der Waals surface area contributed by atoms with E-state index in [-0.39, 0.29) is 23.7 Å². The predicted octanol–water partition coefficient (Wildman–Crippen LogP) is 1.14. The van der Waals surface area contributed by atoms with Crippen LogP contribution in [0, 0.1) is 0 Å². The lowest BCUT2D eigenvalue weighted by atomic mass is 9.79. The Hall–Kier alpha value is -1.37. The summed E-state index contributed by atoms with van der Waals surface area (Å²) in [6.45, 7) is 1.56. The van der Waals surface area contributed by atoms with Gasteiger partial charge in [-0.1, -0.05) is 0 Å². The van der Waals surface area contributed by atoms with Gasteiger partial charge in [0.15, 0.2) is 5.76 Å². The Morgan fingerprint density at radius 3 is 3.09 bits per heavy atom. The van der Waals surface area contributed by atoms with Crippen LogP contribution in [-0.2, 0) is 11.3 Å². The van der Waals surface area contributed by atoms with Crippen molar-refractivity contribution in [2.45, 2.75) is 50.0 Å². The molecule has 22 heavy (non-hydrogen) atoms. The molecule has 3 atom stereocenters. The lowest BCUT2D eigenvalue weighted by Crippen LogP contribution is -2.51. The Morgan fingerprint density at radius 1 is 1.55 bits per heavy atom. The lowest BCUT2D eigenvalue weighted by Gasteiger charge is -2.42. The van der Waals surface area contributed by atoms with Crippen molar-refractivity contribution < 1.29 is 19.1 Å². The van der Waals surface area contributed by atoms with Gasteiger partial charge in [-0.2, -0.15) is 0 Å². The average molecular weight is 308 g/mol. The van der Waals surface area contributed by atoms with Gasteiger partial charge in [-0.05, 0) is 37.8 Å². The Labute approximate surface area is 130 Å². The smallest absolute Gasteiger partial charge is 0.286 e. The molecule has 6 nitrogen and oxygen atoms in total. The van der Waals surface area contributed by atoms with Gasteiger partial charge in [0.25, 0.3) is 5.91 Å². The SMILES string of the molecule is CNC(=O)c1ccc(CN2CC[C@]3(OC)CC[C@H](O)C[C@H]23)o1. The molecule has 1 amide bonds. The maximum absolute atomic E-state index is 11.6. The zero-order valence-corrected chi connectivity index (χ0v) is 13.2. The van der Waals surface area contributed by atoms with E-state index in [1.807, 2.05) is 6.07 Å². The number of furan rings is 1. The Morgan fingerprint density at radius 2 is 2.36 bits per heavy atom. The topological polar surface area (TPSA) is 74.9 Å². The first kappa shape index (κ1) is 15.5. The van der Waals surface area contributed by atoms with E-state index in [1.54, 1.807) is 20.2 Å². The Kier molecular flexibility index (Phi) is 4.25. The fourth-order valence-electron chi connectivity index (χ4n) is 3.87. The summed E-state index contributed by atoms with van der Waals surface area (Å²) in [5.41, 5.74) is -0.143. The van der Waals surface area contributed by atoms with Crippen LogP contribution in [0.5, 0.6) is 0 Å². The number of aliphatic hydroxyl groups is 1. The molecule has 0 bridgehead atoms. The number of rotatable bonds is 4. The summed E-state index contributed by atoms with van der Waals surface area (Å²) in [6, 6.07) is 3.75. The molecule has 0 spiro atoms. The number of likely N-dealkylation sites (tertiary alicyclic amines) is 1. The van der Waals surface area contributed by atoms with E-state index in [4.69, 9.17) is 9.15 Å². The fourth-order valence-corrected chi connectivity index (χ4v) is 3.87.